The Labute approximate surface area is 174 Å². The van der Waals surface area contributed by atoms with E-state index < -0.39 is 4.92 Å². The highest BCUT2D eigenvalue weighted by atomic mass is 79.9. The van der Waals surface area contributed by atoms with Crippen molar-refractivity contribution in [1.82, 2.24) is 19.6 Å². The lowest BCUT2D eigenvalue weighted by Crippen LogP contribution is -2.14. The van der Waals surface area contributed by atoms with Gasteiger partial charge in [0.05, 0.1) is 35.9 Å². The van der Waals surface area contributed by atoms with Crippen molar-refractivity contribution < 1.29 is 14.5 Å². The third-order valence-corrected chi connectivity index (χ3v) is 4.60. The molecule has 1 N–H and O–H groups in total. The SMILES string of the molecule is Cc1ccc(OCn2cc(NC(=O)CCn3cc(Br)c([N+](=O)[O-])n3)cn2)c(C)c1. The molecule has 10 nitrogen and oxygen atoms in total. The maximum atomic E-state index is 12.1. The average Bonchev–Trinajstić information content (AvgIpc) is 3.25. The molecule has 3 rings (SSSR count). The summed E-state index contributed by atoms with van der Waals surface area (Å²) in [7, 11) is 0. The van der Waals surface area contributed by atoms with Crippen molar-refractivity contribution in [3.63, 3.8) is 0 Å². The summed E-state index contributed by atoms with van der Waals surface area (Å²) in [4.78, 5) is 22.3. The Morgan fingerprint density at radius 3 is 2.79 bits per heavy atom. The van der Waals surface area contributed by atoms with Crippen molar-refractivity contribution in [2.75, 3.05) is 5.32 Å². The van der Waals surface area contributed by atoms with Gasteiger partial charge in [0.1, 0.15) is 10.2 Å². The molecule has 0 aliphatic heterocycles. The van der Waals surface area contributed by atoms with Gasteiger partial charge in [-0.1, -0.05) is 17.7 Å². The molecular weight excluding hydrogens is 444 g/mol. The largest absolute Gasteiger partial charge is 0.471 e. The van der Waals surface area contributed by atoms with Crippen LogP contribution in [0.3, 0.4) is 0 Å². The van der Waals surface area contributed by atoms with Gasteiger partial charge in [0.25, 0.3) is 0 Å². The van der Waals surface area contributed by atoms with Gasteiger partial charge < -0.3 is 20.2 Å². The highest BCUT2D eigenvalue weighted by Crippen LogP contribution is 2.22. The number of nitrogens with one attached hydrogen (secondary N) is 1. The van der Waals surface area contributed by atoms with Crippen molar-refractivity contribution in [3.8, 4) is 5.75 Å². The summed E-state index contributed by atoms with van der Waals surface area (Å²) in [6.07, 6.45) is 4.76. The topological polar surface area (TPSA) is 117 Å². The summed E-state index contributed by atoms with van der Waals surface area (Å²) >= 11 is 3.07. The first-order valence-corrected chi connectivity index (χ1v) is 9.51. The van der Waals surface area contributed by atoms with Crippen molar-refractivity contribution in [1.29, 1.82) is 0 Å². The summed E-state index contributed by atoms with van der Waals surface area (Å²) in [6, 6.07) is 5.93. The van der Waals surface area contributed by atoms with E-state index in [-0.39, 0.29) is 35.9 Å². The molecule has 0 spiro atoms. The maximum absolute atomic E-state index is 12.1. The summed E-state index contributed by atoms with van der Waals surface area (Å²) in [5.41, 5.74) is 2.74. The molecule has 0 unspecified atom stereocenters. The molecule has 1 aromatic carbocycles. The standard InChI is InChI=1S/C18H19BrN6O4/c1-12-3-4-16(13(2)7-12)29-11-24-9-14(8-20-24)21-17(26)5-6-23-10-15(19)18(22-23)25(27)28/h3-4,7-10H,5-6,11H2,1-2H3,(H,21,26). The number of ether oxygens (including phenoxy) is 1. The van der Waals surface area contributed by atoms with E-state index >= 15 is 0 Å². The van der Waals surface area contributed by atoms with Crippen molar-refractivity contribution in [2.24, 2.45) is 0 Å². The van der Waals surface area contributed by atoms with Gasteiger partial charge in [0.2, 0.25) is 5.91 Å². The number of halogens is 1. The molecule has 0 saturated heterocycles. The Balaban J connectivity index is 1.49. The Bertz CT molecular complexity index is 1040. The predicted molar refractivity (Wildman–Crippen MR) is 109 cm³/mol. The molecular formula is C18H19BrN6O4. The van der Waals surface area contributed by atoms with Crippen LogP contribution < -0.4 is 10.1 Å². The minimum Gasteiger partial charge on any atom is -0.471 e. The van der Waals surface area contributed by atoms with E-state index in [4.69, 9.17) is 4.74 Å². The van der Waals surface area contributed by atoms with Crippen molar-refractivity contribution >= 4 is 33.3 Å². The minimum atomic E-state index is -0.588. The fourth-order valence-corrected chi connectivity index (χ4v) is 3.12. The normalized spacial score (nSPS) is 10.7. The van der Waals surface area contributed by atoms with E-state index in [1.165, 1.54) is 17.1 Å². The van der Waals surface area contributed by atoms with Gasteiger partial charge in [-0.2, -0.15) is 9.78 Å². The van der Waals surface area contributed by atoms with Crippen LogP contribution in [0.15, 0.2) is 41.3 Å². The molecule has 152 valence electrons. The van der Waals surface area contributed by atoms with Gasteiger partial charge in [0, 0.05) is 6.42 Å². The number of rotatable bonds is 8. The third-order valence-electron chi connectivity index (χ3n) is 4.04. The molecule has 11 heteroatoms. The van der Waals surface area contributed by atoms with E-state index in [0.717, 1.165) is 16.9 Å². The number of aryl methyl sites for hydroxylation is 3. The van der Waals surface area contributed by atoms with Crippen molar-refractivity contribution in [3.05, 3.63) is 62.5 Å². The second-order valence-electron chi connectivity index (χ2n) is 6.43. The molecule has 2 heterocycles. The minimum absolute atomic E-state index is 0.107. The van der Waals surface area contributed by atoms with Crippen molar-refractivity contribution in [2.45, 2.75) is 33.5 Å². The second kappa shape index (κ2) is 8.86. The van der Waals surface area contributed by atoms with Gasteiger partial charge in [-0.15, -0.1) is 0 Å². The molecule has 1 amide bonds. The monoisotopic (exact) mass is 462 g/mol. The van der Waals surface area contributed by atoms with E-state index in [0.29, 0.717) is 5.69 Å². The number of carbonyl (C=O) groups excluding carboxylic acids is 1. The van der Waals surface area contributed by atoms with Crippen LogP contribution in [0.4, 0.5) is 11.5 Å². The zero-order valence-electron chi connectivity index (χ0n) is 15.8. The summed E-state index contributed by atoms with van der Waals surface area (Å²) in [6.45, 7) is 4.42. The third kappa shape index (κ3) is 5.41. The molecule has 3 aromatic rings. The number of nitrogens with zero attached hydrogens (tertiary/aromatic N) is 5. The fraction of sp³-hybridized carbons (Fsp3) is 0.278. The summed E-state index contributed by atoms with van der Waals surface area (Å²) in [5, 5.41) is 21.5. The molecule has 0 aliphatic carbocycles. The molecule has 0 saturated carbocycles. The van der Waals surface area contributed by atoms with Gasteiger partial charge in [-0.25, -0.2) is 4.68 Å². The molecule has 0 radical (unpaired) electrons. The van der Waals surface area contributed by atoms with Crippen LogP contribution in [0.2, 0.25) is 0 Å². The van der Waals surface area contributed by atoms with Crippen LogP contribution in [0.25, 0.3) is 0 Å². The molecule has 0 atom stereocenters. The summed E-state index contributed by atoms with van der Waals surface area (Å²) in [5.74, 6) is 0.237. The first kappa shape index (κ1) is 20.5. The molecule has 29 heavy (non-hydrogen) atoms. The number of anilines is 1. The number of amides is 1. The summed E-state index contributed by atoms with van der Waals surface area (Å²) < 4.78 is 8.94. The zero-order valence-corrected chi connectivity index (χ0v) is 17.4. The maximum Gasteiger partial charge on any atom is 0.404 e. The predicted octanol–water partition coefficient (Wildman–Crippen LogP) is 3.43. The smallest absolute Gasteiger partial charge is 0.404 e. The number of aromatic nitrogens is 4. The lowest BCUT2D eigenvalue weighted by atomic mass is 10.1. The van der Waals surface area contributed by atoms with E-state index in [2.05, 4.69) is 31.4 Å². The molecule has 2 aromatic heterocycles. The van der Waals surface area contributed by atoms with Crippen LogP contribution in [-0.4, -0.2) is 30.4 Å². The molecule has 0 fully saturated rings. The Morgan fingerprint density at radius 1 is 1.31 bits per heavy atom. The Morgan fingerprint density at radius 2 is 2.10 bits per heavy atom. The van der Waals surface area contributed by atoms with Crippen LogP contribution in [0, 0.1) is 24.0 Å². The lowest BCUT2D eigenvalue weighted by molar-refractivity contribution is -0.390. The first-order chi connectivity index (χ1) is 13.8. The second-order valence-corrected chi connectivity index (χ2v) is 7.28. The highest BCUT2D eigenvalue weighted by molar-refractivity contribution is 9.10. The Kier molecular flexibility index (Phi) is 6.27. The fourth-order valence-electron chi connectivity index (χ4n) is 2.66. The molecule has 0 aliphatic rings. The molecule has 0 bridgehead atoms. The van der Waals surface area contributed by atoms with Crippen LogP contribution >= 0.6 is 15.9 Å². The Hall–Kier alpha value is -3.21. The van der Waals surface area contributed by atoms with E-state index in [1.807, 2.05) is 32.0 Å². The number of benzene rings is 1. The highest BCUT2D eigenvalue weighted by Gasteiger charge is 2.19. The van der Waals surface area contributed by atoms with E-state index in [9.17, 15) is 14.9 Å². The number of hydrogen-bond donors (Lipinski definition) is 1. The van der Waals surface area contributed by atoms with Crippen LogP contribution in [0.1, 0.15) is 17.5 Å². The zero-order chi connectivity index (χ0) is 21.0. The van der Waals surface area contributed by atoms with Gasteiger partial charge >= 0.3 is 5.82 Å². The van der Waals surface area contributed by atoms with Crippen LogP contribution in [-0.2, 0) is 18.1 Å². The average molecular weight is 463 g/mol. The number of carbonyl (C=O) groups is 1. The van der Waals surface area contributed by atoms with E-state index in [1.54, 1.807) is 10.9 Å². The quantitative estimate of drug-likeness (QED) is 0.404. The lowest BCUT2D eigenvalue weighted by Gasteiger charge is -2.09. The van der Waals surface area contributed by atoms with Gasteiger partial charge in [-0.05, 0) is 46.3 Å². The number of nitro groups is 1. The van der Waals surface area contributed by atoms with Crippen LogP contribution in [0.5, 0.6) is 5.75 Å². The first-order valence-electron chi connectivity index (χ1n) is 8.71. The number of hydrogen-bond acceptors (Lipinski definition) is 6. The van der Waals surface area contributed by atoms with Gasteiger partial charge in [-0.3, -0.25) is 4.79 Å². The van der Waals surface area contributed by atoms with Gasteiger partial charge in [0.15, 0.2) is 6.73 Å².